The van der Waals surface area contributed by atoms with E-state index in [4.69, 9.17) is 15.3 Å². The van der Waals surface area contributed by atoms with E-state index >= 15 is 0 Å². The van der Waals surface area contributed by atoms with Crippen LogP contribution in [0.3, 0.4) is 0 Å². The molecule has 0 aliphatic heterocycles. The van der Waals surface area contributed by atoms with Crippen LogP contribution in [0.4, 0.5) is 4.79 Å². The second-order valence-corrected chi connectivity index (χ2v) is 7.87. The zero-order valence-electron chi connectivity index (χ0n) is 20.1. The van der Waals surface area contributed by atoms with Crippen LogP contribution in [0.1, 0.15) is 49.3 Å². The first-order valence-corrected chi connectivity index (χ1v) is 11.7. The van der Waals surface area contributed by atoms with Crippen molar-refractivity contribution in [3.8, 4) is 0 Å². The third-order valence-corrected chi connectivity index (χ3v) is 5.16. The molecule has 0 bridgehead atoms. The zero-order valence-corrected chi connectivity index (χ0v) is 20.1. The number of hydrogen-bond donors (Lipinski definition) is 3. The van der Waals surface area contributed by atoms with Crippen molar-refractivity contribution in [2.24, 2.45) is 10.9 Å². The molecule has 9 heteroatoms. The van der Waals surface area contributed by atoms with Crippen molar-refractivity contribution < 1.29 is 23.9 Å². The van der Waals surface area contributed by atoms with Crippen molar-refractivity contribution in [3.63, 3.8) is 0 Å². The lowest BCUT2D eigenvalue weighted by atomic mass is 10.1. The van der Waals surface area contributed by atoms with Crippen LogP contribution in [0.5, 0.6) is 0 Å². The molecular weight excluding hydrogens is 448 g/mol. The maximum Gasteiger partial charge on any atom is 0.408 e. The van der Waals surface area contributed by atoms with Crippen molar-refractivity contribution in [2.45, 2.75) is 51.7 Å². The zero-order chi connectivity index (χ0) is 25.3. The van der Waals surface area contributed by atoms with E-state index in [9.17, 15) is 14.4 Å². The Labute approximate surface area is 206 Å². The summed E-state index contributed by atoms with van der Waals surface area (Å²) in [4.78, 5) is 36.7. The maximum atomic E-state index is 12.7. The highest BCUT2D eigenvalue weighted by atomic mass is 16.5. The second-order valence-electron chi connectivity index (χ2n) is 7.87. The number of benzene rings is 2. The molecule has 0 spiro atoms. The highest BCUT2D eigenvalue weighted by Gasteiger charge is 2.22. The van der Waals surface area contributed by atoms with E-state index in [1.807, 2.05) is 54.6 Å². The number of carbonyl (C=O) groups excluding carboxylic acids is 3. The minimum Gasteiger partial charge on any atom is -0.466 e. The van der Waals surface area contributed by atoms with Gasteiger partial charge in [0, 0.05) is 13.0 Å². The number of aryl methyl sites for hydroxylation is 1. The summed E-state index contributed by atoms with van der Waals surface area (Å²) in [5.41, 5.74) is 2.95. The largest absolute Gasteiger partial charge is 0.466 e. The quantitative estimate of drug-likeness (QED) is 0.125. The van der Waals surface area contributed by atoms with Crippen LogP contribution in [0.2, 0.25) is 0 Å². The van der Waals surface area contributed by atoms with Gasteiger partial charge in [0.1, 0.15) is 12.6 Å². The molecule has 0 heterocycles. The van der Waals surface area contributed by atoms with E-state index in [1.165, 1.54) is 5.56 Å². The van der Waals surface area contributed by atoms with Crippen LogP contribution in [0, 0.1) is 0 Å². The number of nitrogens with two attached hydrogens (primary N) is 1. The predicted molar refractivity (Wildman–Crippen MR) is 134 cm³/mol. The SMILES string of the molecule is CCOC(=O)CC[C@@H](NC(=O)OCc1ccccc1)C(=O)NCCCCc1ccc(C=NN)cc1. The lowest BCUT2D eigenvalue weighted by Crippen LogP contribution is -2.47. The number of ether oxygens (including phenoxy) is 2. The van der Waals surface area contributed by atoms with E-state index in [0.717, 1.165) is 30.4 Å². The molecule has 0 saturated heterocycles. The van der Waals surface area contributed by atoms with Crippen LogP contribution < -0.4 is 16.5 Å². The highest BCUT2D eigenvalue weighted by molar-refractivity contribution is 5.86. The van der Waals surface area contributed by atoms with E-state index in [0.29, 0.717) is 6.54 Å². The Morgan fingerprint density at radius 1 is 1.00 bits per heavy atom. The molecule has 2 aromatic carbocycles. The first kappa shape index (κ1) is 27.4. The molecule has 4 N–H and O–H groups in total. The summed E-state index contributed by atoms with van der Waals surface area (Å²) >= 11 is 0. The number of nitrogens with one attached hydrogen (secondary N) is 2. The first-order valence-electron chi connectivity index (χ1n) is 11.7. The van der Waals surface area contributed by atoms with Crippen LogP contribution in [0.25, 0.3) is 0 Å². The lowest BCUT2D eigenvalue weighted by molar-refractivity contribution is -0.143. The first-order chi connectivity index (χ1) is 17.0. The summed E-state index contributed by atoms with van der Waals surface area (Å²) in [5.74, 6) is 4.37. The number of unbranched alkanes of at least 4 members (excludes halogenated alkanes) is 1. The Morgan fingerprint density at radius 2 is 1.74 bits per heavy atom. The Balaban J connectivity index is 1.78. The summed E-state index contributed by atoms with van der Waals surface area (Å²) in [6.07, 6.45) is 3.50. The van der Waals surface area contributed by atoms with E-state index in [-0.39, 0.29) is 32.0 Å². The van der Waals surface area contributed by atoms with Gasteiger partial charge in [-0.2, -0.15) is 5.10 Å². The van der Waals surface area contributed by atoms with E-state index < -0.39 is 18.1 Å². The minimum atomic E-state index is -0.903. The van der Waals surface area contributed by atoms with E-state index in [2.05, 4.69) is 15.7 Å². The topological polar surface area (TPSA) is 132 Å². The number of hydrazone groups is 1. The predicted octanol–water partition coefficient (Wildman–Crippen LogP) is 3.06. The normalized spacial score (nSPS) is 11.6. The number of alkyl carbamates (subject to hydrolysis) is 1. The number of nitrogens with zero attached hydrogens (tertiary/aromatic N) is 1. The fourth-order valence-electron chi connectivity index (χ4n) is 3.32. The molecule has 9 nitrogen and oxygen atoms in total. The summed E-state index contributed by atoms with van der Waals surface area (Å²) in [7, 11) is 0. The van der Waals surface area contributed by atoms with Gasteiger partial charge in [-0.1, -0.05) is 54.6 Å². The third kappa shape index (κ3) is 11.2. The molecule has 0 aliphatic rings. The van der Waals surface area contributed by atoms with Crippen LogP contribution in [0.15, 0.2) is 59.7 Å². The van der Waals surface area contributed by atoms with Crippen molar-refractivity contribution in [1.29, 1.82) is 0 Å². The molecule has 2 aromatic rings. The summed E-state index contributed by atoms with van der Waals surface area (Å²) < 4.78 is 10.1. The molecule has 188 valence electrons. The number of esters is 1. The molecule has 1 atom stereocenters. The average Bonchev–Trinajstić information content (AvgIpc) is 2.87. The smallest absolute Gasteiger partial charge is 0.408 e. The van der Waals surface area contributed by atoms with Gasteiger partial charge in [0.15, 0.2) is 0 Å². The summed E-state index contributed by atoms with van der Waals surface area (Å²) in [6, 6.07) is 16.3. The Bertz CT molecular complexity index is 948. The minimum absolute atomic E-state index is 0.00967. The van der Waals surface area contributed by atoms with Crippen LogP contribution >= 0.6 is 0 Å². The second kappa shape index (κ2) is 15.9. The van der Waals surface area contributed by atoms with Gasteiger partial charge in [-0.3, -0.25) is 9.59 Å². The number of hydrogen-bond acceptors (Lipinski definition) is 7. The molecule has 0 unspecified atom stereocenters. The maximum absolute atomic E-state index is 12.7. The van der Waals surface area contributed by atoms with Crippen molar-refractivity contribution in [2.75, 3.05) is 13.2 Å². The van der Waals surface area contributed by atoms with Gasteiger partial charge in [0.2, 0.25) is 5.91 Å². The molecule has 2 amide bonds. The Morgan fingerprint density at radius 3 is 2.43 bits per heavy atom. The van der Waals surface area contributed by atoms with Gasteiger partial charge in [0.25, 0.3) is 0 Å². The third-order valence-electron chi connectivity index (χ3n) is 5.16. The van der Waals surface area contributed by atoms with Gasteiger partial charge in [-0.25, -0.2) is 4.79 Å². The molecule has 2 rings (SSSR count). The van der Waals surface area contributed by atoms with Crippen molar-refractivity contribution >= 4 is 24.2 Å². The van der Waals surface area contributed by atoms with Crippen molar-refractivity contribution in [1.82, 2.24) is 10.6 Å². The molecule has 35 heavy (non-hydrogen) atoms. The molecule has 0 aliphatic carbocycles. The number of amides is 2. The average molecular weight is 483 g/mol. The Kier molecular flexibility index (Phi) is 12.4. The number of rotatable bonds is 14. The van der Waals surface area contributed by atoms with Crippen LogP contribution in [-0.4, -0.2) is 43.4 Å². The fraction of sp³-hybridized carbons (Fsp3) is 0.385. The van der Waals surface area contributed by atoms with Gasteiger partial charge >= 0.3 is 12.1 Å². The summed E-state index contributed by atoms with van der Waals surface area (Å²) in [5, 5.41) is 8.91. The number of carbonyl (C=O) groups is 3. The molecule has 0 radical (unpaired) electrons. The monoisotopic (exact) mass is 482 g/mol. The van der Waals surface area contributed by atoms with Gasteiger partial charge in [0.05, 0.1) is 12.8 Å². The molecule has 0 fully saturated rings. The molecular formula is C26H34N4O5. The van der Waals surface area contributed by atoms with Crippen LogP contribution in [-0.2, 0) is 32.1 Å². The van der Waals surface area contributed by atoms with Gasteiger partial charge in [-0.15, -0.1) is 0 Å². The van der Waals surface area contributed by atoms with Gasteiger partial charge in [-0.05, 0) is 49.3 Å². The highest BCUT2D eigenvalue weighted by Crippen LogP contribution is 2.07. The summed E-state index contributed by atoms with van der Waals surface area (Å²) in [6.45, 7) is 2.50. The Hall–Kier alpha value is -3.88. The fourth-order valence-corrected chi connectivity index (χ4v) is 3.32. The van der Waals surface area contributed by atoms with Gasteiger partial charge < -0.3 is 25.9 Å². The molecule has 0 aromatic heterocycles. The lowest BCUT2D eigenvalue weighted by Gasteiger charge is -2.18. The van der Waals surface area contributed by atoms with Crippen molar-refractivity contribution in [3.05, 3.63) is 71.3 Å². The van der Waals surface area contributed by atoms with E-state index in [1.54, 1.807) is 13.1 Å². The molecule has 0 saturated carbocycles. The standard InChI is InChI=1S/C26H34N4O5/c1-2-34-24(31)16-15-23(30-26(33)35-19-22-9-4-3-5-10-22)25(32)28-17-7-6-8-20-11-13-21(14-12-20)18-29-27/h3-5,9-14,18,23H,2,6-8,15-17,19,27H2,1H3,(H,28,32)(H,30,33)/t23-/m1/s1.